The van der Waals surface area contributed by atoms with E-state index in [1.807, 2.05) is 0 Å². The van der Waals surface area contributed by atoms with Crippen molar-refractivity contribution in [3.05, 3.63) is 0 Å². The van der Waals surface area contributed by atoms with E-state index in [1.54, 1.807) is 0 Å². The summed E-state index contributed by atoms with van der Waals surface area (Å²) in [5.41, 5.74) is 0. The van der Waals surface area contributed by atoms with Crippen molar-refractivity contribution < 1.29 is 13.3 Å². The summed E-state index contributed by atoms with van der Waals surface area (Å²) in [6, 6.07) is 0. The molecule has 0 aromatic carbocycles. The second-order valence-electron chi connectivity index (χ2n) is 9.04. The van der Waals surface area contributed by atoms with Gasteiger partial charge in [-0.05, 0) is 37.0 Å². The smallest absolute Gasteiger partial charge is 0.373 e. The van der Waals surface area contributed by atoms with Crippen molar-refractivity contribution in [3.8, 4) is 0 Å². The van der Waals surface area contributed by atoms with Gasteiger partial charge in [-0.15, -0.1) is 0 Å². The molecular weight excluding hydrogens is 376 g/mol. The van der Waals surface area contributed by atoms with Gasteiger partial charge < -0.3 is 13.3 Å². The molecule has 4 heteroatoms. The molecule has 0 aliphatic rings. The molecule has 3 nitrogen and oxygen atoms in total. The van der Waals surface area contributed by atoms with Gasteiger partial charge in [0.2, 0.25) is 0 Å². The van der Waals surface area contributed by atoms with Crippen LogP contribution in [-0.2, 0) is 13.3 Å². The number of hydrogen-bond donors (Lipinski definition) is 0. The lowest BCUT2D eigenvalue weighted by atomic mass is 10.0. The molecule has 0 fully saturated rings. The molecule has 0 amide bonds. The maximum Gasteiger partial charge on any atom is 0.497 e. The van der Waals surface area contributed by atoms with E-state index in [-0.39, 0.29) is 0 Å². The van der Waals surface area contributed by atoms with Gasteiger partial charge in [-0.2, -0.15) is 0 Å². The van der Waals surface area contributed by atoms with Crippen LogP contribution in [0.5, 0.6) is 0 Å². The minimum atomic E-state index is -2.60. The average molecular weight is 431 g/mol. The van der Waals surface area contributed by atoms with Crippen LogP contribution in [0.3, 0.4) is 0 Å². The molecule has 176 valence electrons. The first-order chi connectivity index (χ1) is 14.0. The van der Waals surface area contributed by atoms with Crippen molar-refractivity contribution in [1.82, 2.24) is 0 Å². The highest BCUT2D eigenvalue weighted by molar-refractivity contribution is 6.59. The Balaban J connectivity index is 4.88. The number of hydrogen-bond acceptors (Lipinski definition) is 3. The second kappa shape index (κ2) is 18.8. The molecule has 0 radical (unpaired) electrons. The van der Waals surface area contributed by atoms with Crippen molar-refractivity contribution in [2.45, 2.75) is 125 Å². The van der Waals surface area contributed by atoms with Crippen molar-refractivity contribution in [2.75, 3.05) is 19.8 Å². The van der Waals surface area contributed by atoms with Crippen molar-refractivity contribution in [1.29, 1.82) is 0 Å². The van der Waals surface area contributed by atoms with Crippen LogP contribution in [0.2, 0.25) is 6.55 Å². The molecule has 0 aliphatic heterocycles. The first-order valence-corrected chi connectivity index (χ1v) is 15.1. The normalized spacial score (nSPS) is 17.1. The predicted octanol–water partition coefficient (Wildman–Crippen LogP) is 8.25. The topological polar surface area (TPSA) is 27.7 Å². The molecule has 0 heterocycles. The molecule has 0 saturated heterocycles. The van der Waals surface area contributed by atoms with Crippen LogP contribution in [0.4, 0.5) is 0 Å². The summed E-state index contributed by atoms with van der Waals surface area (Å²) < 4.78 is 19.4. The van der Waals surface area contributed by atoms with Gasteiger partial charge in [0.05, 0.1) is 0 Å². The highest BCUT2D eigenvalue weighted by atomic mass is 28.4. The zero-order valence-electron chi connectivity index (χ0n) is 21.1. The third-order valence-corrected chi connectivity index (χ3v) is 8.45. The molecule has 0 aromatic heterocycles. The number of unbranched alkanes of at least 4 members (excludes halogenated alkanes) is 3. The fraction of sp³-hybridized carbons (Fsp3) is 1.00. The lowest BCUT2D eigenvalue weighted by Crippen LogP contribution is -2.45. The van der Waals surface area contributed by atoms with Gasteiger partial charge in [-0.1, -0.05) is 99.3 Å². The average Bonchev–Trinajstić information content (AvgIpc) is 2.74. The first kappa shape index (κ1) is 29.1. The molecule has 0 N–H and O–H groups in total. The molecule has 0 spiro atoms. The molecule has 0 saturated carbocycles. The molecule has 3 unspecified atom stereocenters. The third kappa shape index (κ3) is 14.7. The van der Waals surface area contributed by atoms with E-state index in [0.29, 0.717) is 17.8 Å². The van der Waals surface area contributed by atoms with E-state index in [2.05, 4.69) is 48.1 Å². The monoisotopic (exact) mass is 430 g/mol. The van der Waals surface area contributed by atoms with E-state index < -0.39 is 8.80 Å². The van der Waals surface area contributed by atoms with Gasteiger partial charge in [0.25, 0.3) is 0 Å². The minimum absolute atomic E-state index is 0.623. The molecule has 0 rings (SSSR count). The van der Waals surface area contributed by atoms with Crippen LogP contribution in [0.1, 0.15) is 119 Å². The summed E-state index contributed by atoms with van der Waals surface area (Å²) in [7, 11) is -2.60. The van der Waals surface area contributed by atoms with Crippen LogP contribution >= 0.6 is 0 Å². The zero-order valence-corrected chi connectivity index (χ0v) is 22.1. The van der Waals surface area contributed by atoms with Gasteiger partial charge in [0.1, 0.15) is 0 Å². The fourth-order valence-corrected chi connectivity index (χ4v) is 5.49. The standard InChI is InChI=1S/C25H54O3Si/c1-8-14-17-23(11-4)20-26-29(7,27-21-24(12-5)18-15-9-2)28-22-25(13-6)19-16-10-3/h23-25H,8-22H2,1-7H3. The maximum atomic E-state index is 6.47. The quantitative estimate of drug-likeness (QED) is 0.171. The zero-order chi connectivity index (χ0) is 22.0. The van der Waals surface area contributed by atoms with E-state index in [9.17, 15) is 0 Å². The Morgan fingerprint density at radius 2 is 0.793 bits per heavy atom. The first-order valence-electron chi connectivity index (χ1n) is 12.9. The highest BCUT2D eigenvalue weighted by Crippen LogP contribution is 2.22. The lowest BCUT2D eigenvalue weighted by Gasteiger charge is -2.31. The Bertz CT molecular complexity index is 301. The van der Waals surface area contributed by atoms with Gasteiger partial charge in [0.15, 0.2) is 0 Å². The summed E-state index contributed by atoms with van der Waals surface area (Å²) >= 11 is 0. The van der Waals surface area contributed by atoms with E-state index in [0.717, 1.165) is 19.8 Å². The summed E-state index contributed by atoms with van der Waals surface area (Å²) in [5, 5.41) is 0. The summed E-state index contributed by atoms with van der Waals surface area (Å²) in [6.07, 6.45) is 14.9. The Labute approximate surface area is 185 Å². The maximum absolute atomic E-state index is 6.47. The van der Waals surface area contributed by atoms with Crippen molar-refractivity contribution in [2.24, 2.45) is 17.8 Å². The van der Waals surface area contributed by atoms with E-state index in [4.69, 9.17) is 13.3 Å². The fourth-order valence-electron chi connectivity index (χ4n) is 3.63. The highest BCUT2D eigenvalue weighted by Gasteiger charge is 2.37. The molecular formula is C25H54O3Si. The van der Waals surface area contributed by atoms with Gasteiger partial charge >= 0.3 is 8.80 Å². The summed E-state index contributed by atoms with van der Waals surface area (Å²) in [6.45, 7) is 18.1. The van der Waals surface area contributed by atoms with Crippen molar-refractivity contribution in [3.63, 3.8) is 0 Å². The Kier molecular flexibility index (Phi) is 18.9. The summed E-state index contributed by atoms with van der Waals surface area (Å²) in [4.78, 5) is 0. The molecule has 0 bridgehead atoms. The minimum Gasteiger partial charge on any atom is -0.373 e. The Hall–Kier alpha value is 0.0969. The molecule has 29 heavy (non-hydrogen) atoms. The van der Waals surface area contributed by atoms with E-state index in [1.165, 1.54) is 77.0 Å². The molecule has 3 atom stereocenters. The van der Waals surface area contributed by atoms with Gasteiger partial charge in [-0.3, -0.25) is 0 Å². The van der Waals surface area contributed by atoms with Crippen LogP contribution in [0.15, 0.2) is 0 Å². The lowest BCUT2D eigenvalue weighted by molar-refractivity contribution is 0.0299. The van der Waals surface area contributed by atoms with Crippen LogP contribution in [0, 0.1) is 17.8 Å². The SMILES string of the molecule is CCCCC(CC)CO[Si](C)(OCC(CC)CCCC)OCC(CC)CCCC. The second-order valence-corrected chi connectivity index (χ2v) is 11.6. The molecule has 0 aliphatic carbocycles. The van der Waals surface area contributed by atoms with E-state index >= 15 is 0 Å². The van der Waals surface area contributed by atoms with Crippen molar-refractivity contribution >= 4 is 8.80 Å². The number of rotatable bonds is 21. The summed E-state index contributed by atoms with van der Waals surface area (Å²) in [5.74, 6) is 1.87. The third-order valence-electron chi connectivity index (χ3n) is 6.37. The van der Waals surface area contributed by atoms with Gasteiger partial charge in [0, 0.05) is 26.4 Å². The van der Waals surface area contributed by atoms with Crippen LogP contribution in [-0.4, -0.2) is 28.6 Å². The largest absolute Gasteiger partial charge is 0.497 e. The Morgan fingerprint density at radius 3 is 1.00 bits per heavy atom. The van der Waals surface area contributed by atoms with Crippen LogP contribution in [0.25, 0.3) is 0 Å². The van der Waals surface area contributed by atoms with Crippen LogP contribution < -0.4 is 0 Å². The predicted molar refractivity (Wildman–Crippen MR) is 129 cm³/mol. The Morgan fingerprint density at radius 1 is 0.517 bits per heavy atom. The van der Waals surface area contributed by atoms with Gasteiger partial charge in [-0.25, -0.2) is 0 Å². The molecule has 0 aromatic rings.